The number of aromatic nitrogens is 3. The molecule has 2 N–H and O–H groups in total. The summed E-state index contributed by atoms with van der Waals surface area (Å²) in [5, 5.41) is 7.39. The number of allylic oxidation sites excluding steroid dienone is 2. The highest BCUT2D eigenvalue weighted by atomic mass is 35.5. The van der Waals surface area contributed by atoms with E-state index in [2.05, 4.69) is 45.5 Å². The van der Waals surface area contributed by atoms with Crippen molar-refractivity contribution in [2.24, 2.45) is 11.8 Å². The van der Waals surface area contributed by atoms with E-state index in [1.165, 1.54) is 25.7 Å². The van der Waals surface area contributed by atoms with E-state index in [4.69, 9.17) is 11.6 Å². The van der Waals surface area contributed by atoms with Gasteiger partial charge in [-0.1, -0.05) is 29.8 Å². The van der Waals surface area contributed by atoms with Gasteiger partial charge in [-0.05, 0) is 63.5 Å². The van der Waals surface area contributed by atoms with Crippen LogP contribution in [0.2, 0.25) is 5.02 Å². The summed E-state index contributed by atoms with van der Waals surface area (Å²) >= 11 is 6.36. The zero-order chi connectivity index (χ0) is 18.1. The van der Waals surface area contributed by atoms with Crippen molar-refractivity contribution < 1.29 is 0 Å². The van der Waals surface area contributed by atoms with Gasteiger partial charge >= 0.3 is 0 Å². The lowest BCUT2D eigenvalue weighted by molar-refractivity contribution is 0.685. The number of hydrogen-bond donors (Lipinski definition) is 2. The van der Waals surface area contributed by atoms with Crippen LogP contribution in [0.25, 0.3) is 11.4 Å². The van der Waals surface area contributed by atoms with E-state index in [9.17, 15) is 0 Å². The maximum atomic E-state index is 6.36. The van der Waals surface area contributed by atoms with Gasteiger partial charge in [-0.2, -0.15) is 15.0 Å². The third-order valence-electron chi connectivity index (χ3n) is 4.85. The van der Waals surface area contributed by atoms with Gasteiger partial charge < -0.3 is 10.6 Å². The van der Waals surface area contributed by atoms with Gasteiger partial charge in [-0.15, -0.1) is 0 Å². The second-order valence-electron chi connectivity index (χ2n) is 7.37. The minimum absolute atomic E-state index is 0.354. The summed E-state index contributed by atoms with van der Waals surface area (Å²) in [5.41, 5.74) is 1.88. The molecule has 2 fully saturated rings. The lowest BCUT2D eigenvalue weighted by Gasteiger charge is -2.15. The first-order valence-corrected chi connectivity index (χ1v) is 9.69. The monoisotopic (exact) mass is 369 g/mol. The molecule has 136 valence electrons. The van der Waals surface area contributed by atoms with Gasteiger partial charge in [0.1, 0.15) is 0 Å². The number of anilines is 2. The van der Waals surface area contributed by atoms with Crippen LogP contribution in [0, 0.1) is 11.8 Å². The molecule has 26 heavy (non-hydrogen) atoms. The third kappa shape index (κ3) is 4.33. The van der Waals surface area contributed by atoms with Gasteiger partial charge in [0.25, 0.3) is 0 Å². The number of nitrogens with zero attached hydrogens (tertiary/aromatic N) is 3. The van der Waals surface area contributed by atoms with Crippen molar-refractivity contribution in [1.82, 2.24) is 15.0 Å². The summed E-state index contributed by atoms with van der Waals surface area (Å²) in [6.07, 6.45) is 7.33. The molecule has 1 heterocycles. The molecule has 0 bridgehead atoms. The van der Waals surface area contributed by atoms with Gasteiger partial charge in [0.2, 0.25) is 11.9 Å². The van der Waals surface area contributed by atoms with Crippen LogP contribution in [-0.4, -0.2) is 21.0 Å². The van der Waals surface area contributed by atoms with E-state index in [1.54, 1.807) is 0 Å². The molecular weight excluding hydrogens is 346 g/mol. The Morgan fingerprint density at radius 2 is 1.85 bits per heavy atom. The second-order valence-corrected chi connectivity index (χ2v) is 7.78. The van der Waals surface area contributed by atoms with Crippen molar-refractivity contribution in [2.45, 2.75) is 45.6 Å². The Morgan fingerprint density at radius 1 is 1.12 bits per heavy atom. The highest BCUT2D eigenvalue weighted by Gasteiger charge is 2.28. The number of benzene rings is 1. The van der Waals surface area contributed by atoms with Gasteiger partial charge in [-0.25, -0.2) is 0 Å². The SMILES string of the molecule is CC(=CC1CC1)Nc1nc(N[C@H](C)C2CC2)nc(-c2ccccc2Cl)n1. The minimum Gasteiger partial charge on any atom is -0.351 e. The van der Waals surface area contributed by atoms with Crippen molar-refractivity contribution in [2.75, 3.05) is 10.6 Å². The number of halogens is 1. The molecule has 0 radical (unpaired) electrons. The fraction of sp³-hybridized carbons (Fsp3) is 0.450. The number of nitrogens with one attached hydrogen (secondary N) is 2. The highest BCUT2D eigenvalue weighted by molar-refractivity contribution is 6.33. The Balaban J connectivity index is 1.65. The van der Waals surface area contributed by atoms with E-state index in [1.807, 2.05) is 24.3 Å². The lowest BCUT2D eigenvalue weighted by Crippen LogP contribution is -2.20. The van der Waals surface area contributed by atoms with Crippen LogP contribution < -0.4 is 10.6 Å². The Hall–Kier alpha value is -2.14. The fourth-order valence-corrected chi connectivity index (χ4v) is 3.23. The summed E-state index contributed by atoms with van der Waals surface area (Å²) < 4.78 is 0. The first-order valence-electron chi connectivity index (χ1n) is 9.31. The zero-order valence-electron chi connectivity index (χ0n) is 15.2. The molecule has 5 nitrogen and oxygen atoms in total. The molecule has 2 aliphatic rings. The van der Waals surface area contributed by atoms with Crippen molar-refractivity contribution in [3.63, 3.8) is 0 Å². The molecule has 4 rings (SSSR count). The third-order valence-corrected chi connectivity index (χ3v) is 5.18. The first kappa shape index (κ1) is 17.3. The Morgan fingerprint density at radius 3 is 2.54 bits per heavy atom. The minimum atomic E-state index is 0.354. The van der Waals surface area contributed by atoms with Crippen molar-refractivity contribution in [1.29, 1.82) is 0 Å². The van der Waals surface area contributed by atoms with Crippen molar-refractivity contribution in [3.8, 4) is 11.4 Å². The van der Waals surface area contributed by atoms with E-state index in [0.717, 1.165) is 11.3 Å². The quantitative estimate of drug-likeness (QED) is 0.708. The Kier molecular flexibility index (Phi) is 4.81. The predicted molar refractivity (Wildman–Crippen MR) is 106 cm³/mol. The molecule has 0 spiro atoms. The summed E-state index contributed by atoms with van der Waals surface area (Å²) in [5.74, 6) is 3.13. The number of hydrogen-bond acceptors (Lipinski definition) is 5. The van der Waals surface area contributed by atoms with Crippen LogP contribution in [0.1, 0.15) is 39.5 Å². The van der Waals surface area contributed by atoms with Crippen molar-refractivity contribution in [3.05, 3.63) is 41.1 Å². The molecular formula is C20H24ClN5. The van der Waals surface area contributed by atoms with Crippen LogP contribution in [0.5, 0.6) is 0 Å². The molecule has 2 saturated carbocycles. The van der Waals surface area contributed by atoms with Gasteiger partial charge in [0, 0.05) is 17.3 Å². The van der Waals surface area contributed by atoms with Crippen LogP contribution in [0.3, 0.4) is 0 Å². The van der Waals surface area contributed by atoms with E-state index >= 15 is 0 Å². The molecule has 0 saturated heterocycles. The molecule has 2 aromatic rings. The Labute approximate surface area is 159 Å². The van der Waals surface area contributed by atoms with Crippen LogP contribution in [0.4, 0.5) is 11.9 Å². The van der Waals surface area contributed by atoms with Gasteiger partial charge in [0.15, 0.2) is 5.82 Å². The maximum absolute atomic E-state index is 6.36. The summed E-state index contributed by atoms with van der Waals surface area (Å²) in [4.78, 5) is 13.8. The number of rotatable bonds is 7. The second kappa shape index (κ2) is 7.23. The summed E-state index contributed by atoms with van der Waals surface area (Å²) in [6, 6.07) is 7.99. The van der Waals surface area contributed by atoms with Crippen molar-refractivity contribution >= 4 is 23.5 Å². The molecule has 0 aliphatic heterocycles. The predicted octanol–water partition coefficient (Wildman–Crippen LogP) is 5.13. The van der Waals surface area contributed by atoms with Gasteiger partial charge in [-0.3, -0.25) is 0 Å². The fourth-order valence-electron chi connectivity index (χ4n) is 3.01. The standard InChI is InChI=1S/C20H24ClN5/c1-12(11-14-7-8-14)22-19-24-18(16-5-3-4-6-17(16)21)25-20(26-19)23-13(2)15-9-10-15/h3-6,11,13-15H,7-10H2,1-2H3,(H2,22,23,24,25,26)/t13-/m1/s1. The zero-order valence-corrected chi connectivity index (χ0v) is 15.9. The van der Waals surface area contributed by atoms with E-state index < -0.39 is 0 Å². The molecule has 1 atom stereocenters. The normalized spacial score (nSPS) is 18.5. The lowest BCUT2D eigenvalue weighted by atomic mass is 10.2. The topological polar surface area (TPSA) is 62.7 Å². The maximum Gasteiger partial charge on any atom is 0.232 e. The average Bonchev–Trinajstić information content (AvgIpc) is 3.49. The largest absolute Gasteiger partial charge is 0.351 e. The molecule has 6 heteroatoms. The molecule has 1 aromatic heterocycles. The first-order chi connectivity index (χ1) is 12.6. The molecule has 1 aromatic carbocycles. The highest BCUT2D eigenvalue weighted by Crippen LogP contribution is 2.34. The summed E-state index contributed by atoms with van der Waals surface area (Å²) in [7, 11) is 0. The molecule has 0 amide bonds. The Bertz CT molecular complexity index is 827. The van der Waals surface area contributed by atoms with Gasteiger partial charge in [0.05, 0.1) is 5.02 Å². The molecule has 0 unspecified atom stereocenters. The van der Waals surface area contributed by atoms with Crippen LogP contribution in [0.15, 0.2) is 36.0 Å². The van der Waals surface area contributed by atoms with E-state index in [0.29, 0.717) is 40.6 Å². The van der Waals surface area contributed by atoms with Crippen LogP contribution in [-0.2, 0) is 0 Å². The van der Waals surface area contributed by atoms with Crippen LogP contribution >= 0.6 is 11.6 Å². The molecule has 2 aliphatic carbocycles. The summed E-state index contributed by atoms with van der Waals surface area (Å²) in [6.45, 7) is 4.24. The average molecular weight is 370 g/mol. The smallest absolute Gasteiger partial charge is 0.232 e. The van der Waals surface area contributed by atoms with E-state index in [-0.39, 0.29) is 0 Å².